The number of likely N-dealkylation sites (tertiary alicyclic amines) is 1. The maximum absolute atomic E-state index is 12.2. The van der Waals surface area contributed by atoms with Gasteiger partial charge >= 0.3 is 0 Å². The smallest absolute Gasteiger partial charge is 0.250 e. The number of sulfonamides is 1. The van der Waals surface area contributed by atoms with E-state index < -0.39 is 10.0 Å². The summed E-state index contributed by atoms with van der Waals surface area (Å²) in [4.78, 5) is 13.9. The molecule has 0 aliphatic carbocycles. The monoisotopic (exact) mass is 395 g/mol. The highest BCUT2D eigenvalue weighted by Gasteiger charge is 2.32. The first kappa shape index (κ1) is 16.9. The van der Waals surface area contributed by atoms with Crippen LogP contribution >= 0.6 is 27.3 Å². The second-order valence-electron chi connectivity index (χ2n) is 5.12. The van der Waals surface area contributed by atoms with Crippen LogP contribution in [0.1, 0.15) is 13.3 Å². The largest absolute Gasteiger partial charge is 0.339 e. The summed E-state index contributed by atoms with van der Waals surface area (Å²) in [6.45, 7) is 2.88. The minimum Gasteiger partial charge on any atom is -0.339 e. The topological polar surface area (TPSA) is 92.5 Å². The maximum atomic E-state index is 12.2. The summed E-state index contributed by atoms with van der Waals surface area (Å²) < 4.78 is 27.4. The highest BCUT2D eigenvalue weighted by molar-refractivity contribution is 9.11. The fraction of sp³-hybridized carbons (Fsp3) is 0.583. The molecule has 0 saturated carbocycles. The summed E-state index contributed by atoms with van der Waals surface area (Å²) in [6, 6.07) is 3.27. The van der Waals surface area contributed by atoms with Gasteiger partial charge in [-0.2, -0.15) is 0 Å². The van der Waals surface area contributed by atoms with E-state index in [1.165, 1.54) is 6.07 Å². The third kappa shape index (κ3) is 4.04. The molecular weight excluding hydrogens is 378 g/mol. The van der Waals surface area contributed by atoms with E-state index in [9.17, 15) is 13.2 Å². The van der Waals surface area contributed by atoms with Gasteiger partial charge in [0.2, 0.25) is 5.91 Å². The van der Waals surface area contributed by atoms with Crippen molar-refractivity contribution < 1.29 is 13.2 Å². The molecule has 6 nitrogen and oxygen atoms in total. The van der Waals surface area contributed by atoms with E-state index in [0.717, 1.165) is 21.5 Å². The number of nitrogens with one attached hydrogen (secondary N) is 1. The number of carbonyl (C=O) groups excluding carboxylic acids is 1. The zero-order valence-electron chi connectivity index (χ0n) is 11.6. The van der Waals surface area contributed by atoms with Crippen LogP contribution in [0.4, 0.5) is 0 Å². The van der Waals surface area contributed by atoms with Gasteiger partial charge in [0.25, 0.3) is 10.0 Å². The molecular formula is C12H18BrN3O3S2. The Labute approximate surface area is 136 Å². The number of thiophene rings is 1. The summed E-state index contributed by atoms with van der Waals surface area (Å²) in [7, 11) is -3.63. The normalized spacial score (nSPS) is 22.7. The van der Waals surface area contributed by atoms with Crippen molar-refractivity contribution in [1.82, 2.24) is 9.62 Å². The molecule has 1 amide bonds. The lowest BCUT2D eigenvalue weighted by Crippen LogP contribution is -2.41. The van der Waals surface area contributed by atoms with Gasteiger partial charge in [-0.05, 0) is 53.9 Å². The molecule has 0 radical (unpaired) electrons. The zero-order valence-corrected chi connectivity index (χ0v) is 14.8. The van der Waals surface area contributed by atoms with Gasteiger partial charge in [-0.3, -0.25) is 4.79 Å². The van der Waals surface area contributed by atoms with Crippen LogP contribution in [0.3, 0.4) is 0 Å². The summed E-state index contributed by atoms with van der Waals surface area (Å²) in [5, 5.41) is 0. The van der Waals surface area contributed by atoms with Crippen LogP contribution < -0.4 is 10.5 Å². The second kappa shape index (κ2) is 6.74. The van der Waals surface area contributed by atoms with Crippen molar-refractivity contribution in [3.63, 3.8) is 0 Å². The Hall–Kier alpha value is -0.480. The van der Waals surface area contributed by atoms with Gasteiger partial charge < -0.3 is 10.6 Å². The molecule has 0 spiro atoms. The molecule has 1 aliphatic heterocycles. The van der Waals surface area contributed by atoms with Crippen LogP contribution in [-0.4, -0.2) is 44.9 Å². The molecule has 1 aromatic heterocycles. The van der Waals surface area contributed by atoms with Crippen LogP contribution in [0.15, 0.2) is 20.1 Å². The number of nitrogens with zero attached hydrogens (tertiary/aromatic N) is 1. The third-order valence-corrected chi connectivity index (χ3v) is 7.06. The van der Waals surface area contributed by atoms with Crippen LogP contribution in [0.2, 0.25) is 0 Å². The quantitative estimate of drug-likeness (QED) is 0.776. The molecule has 1 aromatic rings. The molecule has 1 fully saturated rings. The van der Waals surface area contributed by atoms with Crippen LogP contribution in [0.5, 0.6) is 0 Å². The first-order valence-electron chi connectivity index (χ1n) is 6.58. The molecule has 1 saturated heterocycles. The molecule has 1 aliphatic rings. The maximum Gasteiger partial charge on any atom is 0.250 e. The molecule has 2 rings (SSSR count). The predicted molar refractivity (Wildman–Crippen MR) is 85.5 cm³/mol. The summed E-state index contributed by atoms with van der Waals surface area (Å²) >= 11 is 4.33. The van der Waals surface area contributed by atoms with Crippen molar-refractivity contribution in [2.24, 2.45) is 11.7 Å². The van der Waals surface area contributed by atoms with Crippen molar-refractivity contribution in [1.29, 1.82) is 0 Å². The molecule has 0 bridgehead atoms. The van der Waals surface area contributed by atoms with Crippen LogP contribution in [0, 0.1) is 5.92 Å². The van der Waals surface area contributed by atoms with Crippen molar-refractivity contribution in [2.45, 2.75) is 23.6 Å². The number of carbonyl (C=O) groups is 1. The Morgan fingerprint density at radius 1 is 1.57 bits per heavy atom. The molecule has 0 aromatic carbocycles. The third-order valence-electron chi connectivity index (χ3n) is 3.54. The number of hydrogen-bond donors (Lipinski definition) is 2. The second-order valence-corrected chi connectivity index (χ2v) is 9.57. The van der Waals surface area contributed by atoms with E-state index >= 15 is 0 Å². The number of rotatable bonds is 5. The molecule has 3 N–H and O–H groups in total. The van der Waals surface area contributed by atoms with Gasteiger partial charge in [0.1, 0.15) is 4.21 Å². The lowest BCUT2D eigenvalue weighted by atomic mass is 10.1. The Morgan fingerprint density at radius 3 is 2.81 bits per heavy atom. The average Bonchev–Trinajstić information content (AvgIpc) is 3.02. The van der Waals surface area contributed by atoms with E-state index in [0.29, 0.717) is 19.0 Å². The SMILES string of the molecule is CC1CC(CN)CN1C(=O)CNS(=O)(=O)c1ccc(Br)s1. The van der Waals surface area contributed by atoms with Gasteiger partial charge in [0.05, 0.1) is 10.3 Å². The lowest BCUT2D eigenvalue weighted by Gasteiger charge is -2.21. The summed E-state index contributed by atoms with van der Waals surface area (Å²) in [5.74, 6) is 0.0893. The fourth-order valence-corrected chi connectivity index (χ4v) is 5.46. The molecule has 2 heterocycles. The minimum atomic E-state index is -3.63. The molecule has 2 atom stereocenters. The minimum absolute atomic E-state index is 0.103. The van der Waals surface area contributed by atoms with Crippen LogP contribution in [-0.2, 0) is 14.8 Å². The number of amides is 1. The first-order valence-corrected chi connectivity index (χ1v) is 9.67. The van der Waals surface area contributed by atoms with Gasteiger partial charge in [-0.1, -0.05) is 0 Å². The number of halogens is 1. The van der Waals surface area contributed by atoms with Gasteiger partial charge in [-0.15, -0.1) is 11.3 Å². The molecule has 21 heavy (non-hydrogen) atoms. The Balaban J connectivity index is 1.95. The highest BCUT2D eigenvalue weighted by atomic mass is 79.9. The van der Waals surface area contributed by atoms with Gasteiger partial charge in [0.15, 0.2) is 0 Å². The fourth-order valence-electron chi connectivity index (χ4n) is 2.43. The van der Waals surface area contributed by atoms with E-state index in [1.54, 1.807) is 11.0 Å². The molecule has 2 unspecified atom stereocenters. The predicted octanol–water partition coefficient (Wildman–Crippen LogP) is 0.985. The van der Waals surface area contributed by atoms with Crippen molar-refractivity contribution in [2.75, 3.05) is 19.6 Å². The highest BCUT2D eigenvalue weighted by Crippen LogP contribution is 2.26. The van der Waals surface area contributed by atoms with Crippen molar-refractivity contribution in [3.05, 3.63) is 15.9 Å². The lowest BCUT2D eigenvalue weighted by molar-refractivity contribution is -0.130. The molecule has 9 heteroatoms. The summed E-state index contributed by atoms with van der Waals surface area (Å²) in [6.07, 6.45) is 0.868. The Bertz CT molecular complexity index is 617. The first-order chi connectivity index (χ1) is 9.83. The van der Waals surface area contributed by atoms with Crippen molar-refractivity contribution in [3.8, 4) is 0 Å². The van der Waals surface area contributed by atoms with Crippen LogP contribution in [0.25, 0.3) is 0 Å². The van der Waals surface area contributed by atoms with Gasteiger partial charge in [-0.25, -0.2) is 13.1 Å². The van der Waals surface area contributed by atoms with Crippen molar-refractivity contribution >= 4 is 43.2 Å². The number of nitrogens with two attached hydrogens (primary N) is 1. The molecule has 118 valence electrons. The average molecular weight is 396 g/mol. The zero-order chi connectivity index (χ0) is 15.6. The van der Waals surface area contributed by atoms with E-state index in [4.69, 9.17) is 5.73 Å². The van der Waals surface area contributed by atoms with E-state index in [1.807, 2.05) is 6.92 Å². The Kier molecular flexibility index (Phi) is 5.42. The number of hydrogen-bond acceptors (Lipinski definition) is 5. The summed E-state index contributed by atoms with van der Waals surface area (Å²) in [5.41, 5.74) is 5.63. The van der Waals surface area contributed by atoms with E-state index in [-0.39, 0.29) is 22.7 Å². The standard InChI is InChI=1S/C12H18BrN3O3S2/c1-8-4-9(5-14)7-16(8)11(17)6-15-21(18,19)12-3-2-10(13)20-12/h2-3,8-9,15H,4-7,14H2,1H3. The van der Waals surface area contributed by atoms with E-state index in [2.05, 4.69) is 20.7 Å². The Morgan fingerprint density at radius 2 is 2.29 bits per heavy atom. The van der Waals surface area contributed by atoms with Gasteiger partial charge in [0, 0.05) is 12.6 Å².